The molecule has 1 aliphatic heterocycles. The number of esters is 1. The molecule has 0 radical (unpaired) electrons. The fourth-order valence-electron chi connectivity index (χ4n) is 3.67. The number of rotatable bonds is 8. The molecular weight excluding hydrogens is 467 g/mol. The van der Waals surface area contributed by atoms with Gasteiger partial charge in [-0.2, -0.15) is 0 Å². The van der Waals surface area contributed by atoms with Gasteiger partial charge in [-0.15, -0.1) is 0 Å². The van der Waals surface area contributed by atoms with Crippen molar-refractivity contribution in [1.29, 1.82) is 0 Å². The lowest BCUT2D eigenvalue weighted by Crippen LogP contribution is -2.68. The van der Waals surface area contributed by atoms with Crippen molar-refractivity contribution in [3.8, 4) is 5.75 Å². The summed E-state index contributed by atoms with van der Waals surface area (Å²) in [6, 6.07) is 13.9. The molecule has 1 atom stereocenters. The Morgan fingerprint density at radius 1 is 1.09 bits per heavy atom. The second-order valence-corrected chi connectivity index (χ2v) is 8.85. The lowest BCUT2D eigenvalue weighted by atomic mass is 9.85. The molecule has 0 saturated carbocycles. The second-order valence-electron chi connectivity index (χ2n) is 8.01. The highest BCUT2D eigenvalue weighted by molar-refractivity contribution is 6.32. The van der Waals surface area contributed by atoms with Gasteiger partial charge in [-0.3, -0.25) is 14.5 Å². The smallest absolute Gasteiger partial charge is 0.416 e. The van der Waals surface area contributed by atoms with E-state index < -0.39 is 11.6 Å². The van der Waals surface area contributed by atoms with Gasteiger partial charge in [0.1, 0.15) is 5.54 Å². The topological polar surface area (TPSA) is 76.2 Å². The Morgan fingerprint density at radius 3 is 2.39 bits per heavy atom. The van der Waals surface area contributed by atoms with E-state index in [1.807, 2.05) is 12.1 Å². The van der Waals surface area contributed by atoms with Crippen LogP contribution in [0, 0.1) is 0 Å². The van der Waals surface area contributed by atoms with Crippen molar-refractivity contribution in [3.05, 3.63) is 64.1 Å². The third-order valence-electron chi connectivity index (χ3n) is 5.74. The van der Waals surface area contributed by atoms with Gasteiger partial charge in [0.15, 0.2) is 5.75 Å². The molecule has 1 aliphatic rings. The molecule has 0 N–H and O–H groups in total. The first-order valence-electron chi connectivity index (χ1n) is 10.6. The van der Waals surface area contributed by atoms with Crippen molar-refractivity contribution in [1.82, 2.24) is 9.80 Å². The minimum absolute atomic E-state index is 0.190. The highest BCUT2D eigenvalue weighted by Crippen LogP contribution is 2.35. The maximum atomic E-state index is 13.6. The molecule has 0 spiro atoms. The van der Waals surface area contributed by atoms with E-state index in [4.69, 9.17) is 32.7 Å². The number of benzene rings is 2. The zero-order valence-electron chi connectivity index (χ0n) is 18.6. The Labute approximate surface area is 203 Å². The summed E-state index contributed by atoms with van der Waals surface area (Å²) in [5.41, 5.74) is -0.172. The number of carbonyl (C=O) groups is 3. The maximum absolute atomic E-state index is 13.6. The summed E-state index contributed by atoms with van der Waals surface area (Å²) >= 11 is 12.1. The molecule has 1 fully saturated rings. The monoisotopic (exact) mass is 492 g/mol. The van der Waals surface area contributed by atoms with Crippen molar-refractivity contribution >= 4 is 41.2 Å². The summed E-state index contributed by atoms with van der Waals surface area (Å²) in [6.45, 7) is 2.77. The molecule has 7 nitrogen and oxygen atoms in total. The van der Waals surface area contributed by atoms with E-state index in [-0.39, 0.29) is 24.0 Å². The van der Waals surface area contributed by atoms with Crippen LogP contribution in [0.15, 0.2) is 48.5 Å². The first-order valence-corrected chi connectivity index (χ1v) is 11.3. The zero-order valence-corrected chi connectivity index (χ0v) is 20.1. The molecule has 2 amide bonds. The predicted molar refractivity (Wildman–Crippen MR) is 125 cm³/mol. The second kappa shape index (κ2) is 10.9. The van der Waals surface area contributed by atoms with Gasteiger partial charge in [0, 0.05) is 31.1 Å². The Bertz CT molecular complexity index is 1010. The molecule has 2 aromatic carbocycles. The molecule has 0 aromatic heterocycles. The SMILES string of the molecule is COC(=O)CCCN(Cc1ccc(Cl)cc1)C(=O)C1(C)CCN1C(=O)Oc1ccccc1Cl. The number of hydrogen-bond acceptors (Lipinski definition) is 5. The minimum Gasteiger partial charge on any atom is -0.469 e. The Hall–Kier alpha value is -2.77. The van der Waals surface area contributed by atoms with Crippen LogP contribution in [0.25, 0.3) is 0 Å². The average Bonchev–Trinajstić information content (AvgIpc) is 2.79. The van der Waals surface area contributed by atoms with Crippen LogP contribution in [0.3, 0.4) is 0 Å². The third kappa shape index (κ3) is 5.97. The van der Waals surface area contributed by atoms with Gasteiger partial charge in [-0.1, -0.05) is 47.5 Å². The number of halogens is 2. The molecule has 1 unspecified atom stereocenters. The molecule has 1 saturated heterocycles. The van der Waals surface area contributed by atoms with E-state index in [0.29, 0.717) is 42.5 Å². The lowest BCUT2D eigenvalue weighted by molar-refractivity contribution is -0.151. The summed E-state index contributed by atoms with van der Waals surface area (Å²) in [5, 5.41) is 0.911. The molecule has 9 heteroatoms. The van der Waals surface area contributed by atoms with E-state index >= 15 is 0 Å². The van der Waals surface area contributed by atoms with Crippen molar-refractivity contribution in [3.63, 3.8) is 0 Å². The van der Waals surface area contributed by atoms with Crippen LogP contribution >= 0.6 is 23.2 Å². The Kier molecular flexibility index (Phi) is 8.21. The van der Waals surface area contributed by atoms with Gasteiger partial charge in [-0.05, 0) is 49.6 Å². The number of carbonyl (C=O) groups excluding carboxylic acids is 3. The molecular formula is C24H26Cl2N2O5. The van der Waals surface area contributed by atoms with Gasteiger partial charge in [0.25, 0.3) is 0 Å². The van der Waals surface area contributed by atoms with Crippen molar-refractivity contribution in [2.75, 3.05) is 20.2 Å². The van der Waals surface area contributed by atoms with Crippen molar-refractivity contribution < 1.29 is 23.9 Å². The highest BCUT2D eigenvalue weighted by atomic mass is 35.5. The zero-order chi connectivity index (χ0) is 24.0. The van der Waals surface area contributed by atoms with Crippen LogP contribution in [0.2, 0.25) is 10.0 Å². The predicted octanol–water partition coefficient (Wildman–Crippen LogP) is 4.94. The largest absolute Gasteiger partial charge is 0.469 e. The van der Waals surface area contributed by atoms with Gasteiger partial charge in [0.2, 0.25) is 5.91 Å². The van der Waals surface area contributed by atoms with Gasteiger partial charge >= 0.3 is 12.1 Å². The molecule has 0 aliphatic carbocycles. The van der Waals surface area contributed by atoms with Crippen molar-refractivity contribution in [2.45, 2.75) is 38.3 Å². The quantitative estimate of drug-likeness (QED) is 0.487. The third-order valence-corrected chi connectivity index (χ3v) is 6.31. The summed E-state index contributed by atoms with van der Waals surface area (Å²) in [5.74, 6) is -0.319. The number of nitrogens with zero attached hydrogens (tertiary/aromatic N) is 2. The first-order chi connectivity index (χ1) is 15.7. The average molecular weight is 493 g/mol. The van der Waals surface area contributed by atoms with Gasteiger partial charge < -0.3 is 14.4 Å². The summed E-state index contributed by atoms with van der Waals surface area (Å²) in [6.07, 6.45) is 0.491. The fraction of sp³-hybridized carbons (Fsp3) is 0.375. The van der Waals surface area contributed by atoms with Crippen LogP contribution in [0.4, 0.5) is 4.79 Å². The number of likely N-dealkylation sites (tertiary alicyclic amines) is 1. The van der Waals surface area contributed by atoms with Crippen LogP contribution < -0.4 is 4.74 Å². The summed E-state index contributed by atoms with van der Waals surface area (Å²) in [7, 11) is 1.33. The maximum Gasteiger partial charge on any atom is 0.416 e. The van der Waals surface area contributed by atoms with Crippen LogP contribution in [-0.2, 0) is 20.9 Å². The van der Waals surface area contributed by atoms with E-state index in [0.717, 1.165) is 5.56 Å². The standard InChI is InChI=1S/C24H26Cl2N2O5/c1-24(13-15-28(24)23(31)33-20-7-4-3-6-19(20)26)22(30)27(14-5-8-21(29)32-2)16-17-9-11-18(25)12-10-17/h3-4,6-7,9-12H,5,8,13-16H2,1-2H3. The molecule has 1 heterocycles. The molecule has 3 rings (SSSR count). The van der Waals surface area contributed by atoms with Crippen LogP contribution in [0.1, 0.15) is 31.7 Å². The number of para-hydroxylation sites is 1. The lowest BCUT2D eigenvalue weighted by Gasteiger charge is -2.49. The van der Waals surface area contributed by atoms with E-state index in [1.54, 1.807) is 48.2 Å². The van der Waals surface area contributed by atoms with Gasteiger partial charge in [0.05, 0.1) is 12.1 Å². The normalized spacial score (nSPS) is 17.2. The minimum atomic E-state index is -1.06. The number of ether oxygens (including phenoxy) is 2. The van der Waals surface area contributed by atoms with E-state index in [1.165, 1.54) is 12.0 Å². The first kappa shape index (κ1) is 24.9. The fourth-order valence-corrected chi connectivity index (χ4v) is 3.97. The molecule has 176 valence electrons. The van der Waals surface area contributed by atoms with Crippen LogP contribution in [0.5, 0.6) is 5.75 Å². The summed E-state index contributed by atoms with van der Waals surface area (Å²) in [4.78, 5) is 41.0. The van der Waals surface area contributed by atoms with E-state index in [2.05, 4.69) is 0 Å². The Balaban J connectivity index is 1.74. The Morgan fingerprint density at radius 2 is 1.79 bits per heavy atom. The van der Waals surface area contributed by atoms with Crippen LogP contribution in [-0.4, -0.2) is 53.5 Å². The number of amides is 2. The molecule has 2 aromatic rings. The number of methoxy groups -OCH3 is 1. The highest BCUT2D eigenvalue weighted by Gasteiger charge is 2.52. The number of hydrogen-bond donors (Lipinski definition) is 0. The molecule has 33 heavy (non-hydrogen) atoms. The van der Waals surface area contributed by atoms with Gasteiger partial charge in [-0.25, -0.2) is 4.79 Å². The summed E-state index contributed by atoms with van der Waals surface area (Å²) < 4.78 is 10.1. The van der Waals surface area contributed by atoms with E-state index in [9.17, 15) is 14.4 Å². The molecule has 0 bridgehead atoms. The van der Waals surface area contributed by atoms with Crippen molar-refractivity contribution in [2.24, 2.45) is 0 Å².